The van der Waals surface area contributed by atoms with Crippen molar-refractivity contribution in [2.45, 2.75) is 127 Å². The summed E-state index contributed by atoms with van der Waals surface area (Å²) in [5.74, 6) is 9.65. The van der Waals surface area contributed by atoms with E-state index in [9.17, 15) is 5.11 Å². The summed E-state index contributed by atoms with van der Waals surface area (Å²) in [6, 6.07) is 0. The van der Waals surface area contributed by atoms with Crippen molar-refractivity contribution in [3.05, 3.63) is 22.8 Å². The highest BCUT2D eigenvalue weighted by Crippen LogP contribution is 2.59. The van der Waals surface area contributed by atoms with E-state index in [1.54, 1.807) is 0 Å². The minimum atomic E-state index is 0.0639. The second-order valence-electron chi connectivity index (χ2n) is 11.9. The molecular formula is C32H56O. The zero-order chi connectivity index (χ0) is 25.2. The Hall–Kier alpha value is -1.00. The first kappa shape index (κ1) is 30.0. The van der Waals surface area contributed by atoms with Crippen molar-refractivity contribution in [2.75, 3.05) is 6.61 Å². The summed E-state index contributed by atoms with van der Waals surface area (Å²) in [5.41, 5.74) is 4.65. The molecule has 3 rings (SSSR count). The Kier molecular flexibility index (Phi) is 12.5. The fraction of sp³-hybridized carbons (Fsp3) is 0.812. The van der Waals surface area contributed by atoms with Crippen molar-refractivity contribution < 1.29 is 5.11 Å². The largest absolute Gasteiger partial charge is 0.396 e. The van der Waals surface area contributed by atoms with Crippen LogP contribution in [-0.2, 0) is 0 Å². The van der Waals surface area contributed by atoms with Gasteiger partial charge in [-0.2, -0.15) is 0 Å². The molecule has 5 atom stereocenters. The Balaban J connectivity index is 0.000000518. The lowest BCUT2D eigenvalue weighted by atomic mass is 9.50. The van der Waals surface area contributed by atoms with Gasteiger partial charge in [0.25, 0.3) is 0 Å². The standard InChI is InChI=1S/C23H34O.C6H14.C3H8/c1-6-16(2)19-14-18-9-11-21-22(4,15-24)12-7-13-23(21,5)20(18)10-8-17(19)3;1-4-5-6(2)3;1-3-2/h14,16-17,21,24H,6-7,9,11-13,15H2,1-5H3;6H,4-5H2,1-3H3;3H2,1-2H3. The highest BCUT2D eigenvalue weighted by Gasteiger charge is 2.52. The van der Waals surface area contributed by atoms with Crippen LogP contribution in [0, 0.1) is 46.3 Å². The first-order valence-electron chi connectivity index (χ1n) is 14.1. The van der Waals surface area contributed by atoms with Crippen LogP contribution in [0.3, 0.4) is 0 Å². The van der Waals surface area contributed by atoms with Crippen molar-refractivity contribution in [1.29, 1.82) is 0 Å². The molecule has 0 aromatic heterocycles. The summed E-state index contributed by atoms with van der Waals surface area (Å²) < 4.78 is 0. The average Bonchev–Trinajstić information content (AvgIpc) is 2.93. The molecule has 1 heteroatoms. The molecule has 1 N–H and O–H groups in total. The summed E-state index contributed by atoms with van der Waals surface area (Å²) in [5, 5.41) is 10.1. The molecule has 0 bridgehead atoms. The van der Waals surface area contributed by atoms with Gasteiger partial charge in [0, 0.05) is 23.5 Å². The quantitative estimate of drug-likeness (QED) is 0.408. The molecule has 0 aromatic carbocycles. The molecule has 0 spiro atoms. The van der Waals surface area contributed by atoms with Crippen LogP contribution in [0.1, 0.15) is 127 Å². The molecule has 0 aromatic rings. The van der Waals surface area contributed by atoms with E-state index in [-0.39, 0.29) is 10.8 Å². The number of aliphatic hydroxyl groups excluding tert-OH is 1. The van der Waals surface area contributed by atoms with Gasteiger partial charge < -0.3 is 5.11 Å². The predicted molar refractivity (Wildman–Crippen MR) is 147 cm³/mol. The number of rotatable bonds is 5. The first-order valence-corrected chi connectivity index (χ1v) is 14.1. The summed E-state index contributed by atoms with van der Waals surface area (Å²) in [4.78, 5) is 0. The van der Waals surface area contributed by atoms with E-state index in [2.05, 4.69) is 87.2 Å². The number of aliphatic hydroxyl groups is 1. The molecule has 0 saturated heterocycles. The van der Waals surface area contributed by atoms with Crippen LogP contribution in [0.4, 0.5) is 0 Å². The summed E-state index contributed by atoms with van der Waals surface area (Å²) in [6.45, 7) is 22.9. The van der Waals surface area contributed by atoms with Crippen molar-refractivity contribution in [3.63, 3.8) is 0 Å². The van der Waals surface area contributed by atoms with E-state index in [1.165, 1.54) is 61.7 Å². The summed E-state index contributed by atoms with van der Waals surface area (Å²) >= 11 is 0. The van der Waals surface area contributed by atoms with Crippen LogP contribution >= 0.6 is 0 Å². The lowest BCUT2D eigenvalue weighted by Gasteiger charge is -2.54. The Morgan fingerprint density at radius 2 is 1.73 bits per heavy atom. The van der Waals surface area contributed by atoms with Crippen molar-refractivity contribution in [2.24, 2.45) is 34.5 Å². The minimum Gasteiger partial charge on any atom is -0.396 e. The first-order chi connectivity index (χ1) is 15.5. The van der Waals surface area contributed by atoms with Crippen LogP contribution in [0.2, 0.25) is 0 Å². The van der Waals surface area contributed by atoms with Gasteiger partial charge in [-0.05, 0) is 67.8 Å². The van der Waals surface area contributed by atoms with Gasteiger partial charge in [-0.25, -0.2) is 0 Å². The van der Waals surface area contributed by atoms with Gasteiger partial charge in [0.15, 0.2) is 0 Å². The van der Waals surface area contributed by atoms with Crippen LogP contribution in [0.25, 0.3) is 0 Å². The number of hydrogen-bond acceptors (Lipinski definition) is 1. The summed E-state index contributed by atoms with van der Waals surface area (Å²) in [6.07, 6.45) is 13.6. The predicted octanol–water partition coefficient (Wildman–Crippen LogP) is 9.37. The van der Waals surface area contributed by atoms with E-state index in [1.807, 2.05) is 0 Å². The third kappa shape index (κ3) is 7.49. The molecular weight excluding hydrogens is 400 g/mol. The average molecular weight is 457 g/mol. The summed E-state index contributed by atoms with van der Waals surface area (Å²) in [7, 11) is 0. The van der Waals surface area contributed by atoms with E-state index in [4.69, 9.17) is 0 Å². The van der Waals surface area contributed by atoms with Gasteiger partial charge in [0.05, 0.1) is 0 Å². The van der Waals surface area contributed by atoms with Gasteiger partial charge >= 0.3 is 0 Å². The Labute approximate surface area is 207 Å². The second-order valence-corrected chi connectivity index (χ2v) is 11.9. The molecule has 1 fully saturated rings. The SMILES string of the molecule is CCC.CCC(C)C1=CC2=C(C#CC1C)C1(C)CCCC(C)(CO)C1CC2.CCCC(C)C. The smallest absolute Gasteiger partial charge is 0.0487 e. The molecule has 0 heterocycles. The van der Waals surface area contributed by atoms with Gasteiger partial charge in [0.2, 0.25) is 0 Å². The van der Waals surface area contributed by atoms with E-state index < -0.39 is 0 Å². The van der Waals surface area contributed by atoms with E-state index >= 15 is 0 Å². The Bertz CT molecular complexity index is 715. The molecule has 5 unspecified atom stereocenters. The minimum absolute atomic E-state index is 0.0639. The molecule has 0 amide bonds. The zero-order valence-electron chi connectivity index (χ0n) is 23.9. The van der Waals surface area contributed by atoms with Gasteiger partial charge in [0.1, 0.15) is 0 Å². The molecule has 0 radical (unpaired) electrons. The van der Waals surface area contributed by atoms with Crippen LogP contribution in [-0.4, -0.2) is 11.7 Å². The van der Waals surface area contributed by atoms with Crippen LogP contribution in [0.15, 0.2) is 22.8 Å². The van der Waals surface area contributed by atoms with E-state index in [0.29, 0.717) is 24.4 Å². The van der Waals surface area contributed by atoms with Gasteiger partial charge in [-0.3, -0.25) is 0 Å². The van der Waals surface area contributed by atoms with Crippen LogP contribution in [0.5, 0.6) is 0 Å². The maximum atomic E-state index is 10.1. The molecule has 190 valence electrons. The maximum Gasteiger partial charge on any atom is 0.0487 e. The second kappa shape index (κ2) is 13.8. The normalized spacial score (nSPS) is 31.3. The molecule has 3 aliphatic rings. The van der Waals surface area contributed by atoms with E-state index in [0.717, 1.165) is 18.8 Å². The van der Waals surface area contributed by atoms with Crippen LogP contribution < -0.4 is 0 Å². The highest BCUT2D eigenvalue weighted by molar-refractivity contribution is 5.51. The van der Waals surface area contributed by atoms with Gasteiger partial charge in [-0.15, -0.1) is 0 Å². The molecule has 33 heavy (non-hydrogen) atoms. The van der Waals surface area contributed by atoms with Crippen molar-refractivity contribution >= 4 is 0 Å². The molecule has 0 aliphatic heterocycles. The monoisotopic (exact) mass is 456 g/mol. The molecule has 1 saturated carbocycles. The van der Waals surface area contributed by atoms with Gasteiger partial charge in [-0.1, -0.05) is 111 Å². The third-order valence-corrected chi connectivity index (χ3v) is 8.31. The van der Waals surface area contributed by atoms with Crippen molar-refractivity contribution in [1.82, 2.24) is 0 Å². The number of hydrogen-bond donors (Lipinski definition) is 1. The maximum absolute atomic E-state index is 10.1. The number of fused-ring (bicyclic) bond motifs is 2. The zero-order valence-corrected chi connectivity index (χ0v) is 23.9. The third-order valence-electron chi connectivity index (χ3n) is 8.31. The molecule has 1 nitrogen and oxygen atoms in total. The Morgan fingerprint density at radius 3 is 2.21 bits per heavy atom. The number of allylic oxidation sites excluding steroid dienone is 4. The molecule has 3 aliphatic carbocycles. The Morgan fingerprint density at radius 1 is 1.09 bits per heavy atom. The highest BCUT2D eigenvalue weighted by atomic mass is 16.3. The topological polar surface area (TPSA) is 20.2 Å². The lowest BCUT2D eigenvalue weighted by molar-refractivity contribution is -0.0347. The fourth-order valence-corrected chi connectivity index (χ4v) is 6.26. The fourth-order valence-electron chi connectivity index (χ4n) is 6.26. The lowest BCUT2D eigenvalue weighted by Crippen LogP contribution is -2.48. The van der Waals surface area contributed by atoms with Crippen molar-refractivity contribution in [3.8, 4) is 11.8 Å².